The Balaban J connectivity index is 1.16. The van der Waals surface area contributed by atoms with Gasteiger partial charge in [0.15, 0.2) is 0 Å². The van der Waals surface area contributed by atoms with Gasteiger partial charge in [0.25, 0.3) is 0 Å². The van der Waals surface area contributed by atoms with Crippen molar-refractivity contribution in [3.8, 4) is 33.4 Å². The summed E-state index contributed by atoms with van der Waals surface area (Å²) in [5.41, 5.74) is 11.8. The second-order valence-corrected chi connectivity index (χ2v) is 15.4. The molecule has 0 saturated carbocycles. The molecule has 52 heavy (non-hydrogen) atoms. The predicted molar refractivity (Wildman–Crippen MR) is 230 cm³/mol. The van der Waals surface area contributed by atoms with Crippen LogP contribution in [0.25, 0.3) is 69.7 Å². The Morgan fingerprint density at radius 1 is 0.442 bits per heavy atom. The summed E-state index contributed by atoms with van der Waals surface area (Å²) in [6.45, 7) is 6.08. The lowest BCUT2D eigenvalue weighted by atomic mass is 10.00. The van der Waals surface area contributed by atoms with Crippen molar-refractivity contribution in [1.82, 2.24) is 0 Å². The monoisotopic (exact) mass is 701 g/mol. The lowest BCUT2D eigenvalue weighted by Crippen LogP contribution is -2.10. The molecule has 2 heterocycles. The molecule has 3 heteroatoms. The van der Waals surface area contributed by atoms with E-state index in [2.05, 4.69) is 188 Å². The highest BCUT2D eigenvalue weighted by molar-refractivity contribution is 7.25. The summed E-state index contributed by atoms with van der Waals surface area (Å²) in [5.74, 6) is 0. The van der Waals surface area contributed by atoms with Crippen LogP contribution in [-0.2, 0) is 0 Å². The Morgan fingerprint density at radius 3 is 1.67 bits per heavy atom. The molecule has 2 aromatic heterocycles. The second-order valence-electron chi connectivity index (χ2n) is 13.0. The van der Waals surface area contributed by atoms with Crippen LogP contribution in [0.2, 0.25) is 0 Å². The van der Waals surface area contributed by atoms with E-state index in [0.717, 1.165) is 17.1 Å². The number of nitrogens with zero attached hydrogens (tertiary/aromatic N) is 1. The van der Waals surface area contributed by atoms with Gasteiger partial charge in [-0.1, -0.05) is 122 Å². The van der Waals surface area contributed by atoms with Gasteiger partial charge in [0, 0.05) is 52.2 Å². The molecule has 0 saturated heterocycles. The van der Waals surface area contributed by atoms with Crippen molar-refractivity contribution >= 4 is 76.1 Å². The fraction of sp³-hybridized carbons (Fsp3) is 0.0204. The van der Waals surface area contributed by atoms with Crippen LogP contribution in [0.4, 0.5) is 17.1 Å². The molecule has 1 nitrogen and oxygen atoms in total. The molecule has 0 unspecified atom stereocenters. The Labute approximate surface area is 312 Å². The Hall–Kier alpha value is -6.00. The first-order valence-electron chi connectivity index (χ1n) is 17.5. The number of hydrogen-bond donors (Lipinski definition) is 0. The molecule has 0 spiro atoms. The molecule has 0 atom stereocenters. The fourth-order valence-corrected chi connectivity index (χ4v) is 9.34. The summed E-state index contributed by atoms with van der Waals surface area (Å²) >= 11 is 3.70. The first kappa shape index (κ1) is 31.9. The summed E-state index contributed by atoms with van der Waals surface area (Å²) in [4.78, 5) is 3.70. The second kappa shape index (κ2) is 13.6. The number of hydrogen-bond acceptors (Lipinski definition) is 3. The molecule has 0 aliphatic carbocycles. The summed E-state index contributed by atoms with van der Waals surface area (Å²) in [6.07, 6.45) is 6.04. The largest absolute Gasteiger partial charge is 0.310 e. The number of fused-ring (bicyclic) bond motifs is 4. The highest BCUT2D eigenvalue weighted by atomic mass is 32.1. The Bertz CT molecular complexity index is 2760. The minimum atomic E-state index is 1.11. The van der Waals surface area contributed by atoms with Gasteiger partial charge in [-0.05, 0) is 113 Å². The summed E-state index contributed by atoms with van der Waals surface area (Å²) in [5, 5.41) is 3.91. The number of anilines is 3. The van der Waals surface area contributed by atoms with Crippen molar-refractivity contribution in [2.24, 2.45) is 0 Å². The van der Waals surface area contributed by atoms with E-state index in [-0.39, 0.29) is 0 Å². The summed E-state index contributed by atoms with van der Waals surface area (Å²) in [6, 6.07) is 59.9. The maximum Gasteiger partial charge on any atom is 0.0467 e. The first-order valence-corrected chi connectivity index (χ1v) is 19.2. The van der Waals surface area contributed by atoms with E-state index in [4.69, 9.17) is 0 Å². The number of aryl methyl sites for hydroxylation is 1. The van der Waals surface area contributed by atoms with Crippen molar-refractivity contribution in [2.75, 3.05) is 4.90 Å². The maximum absolute atomic E-state index is 3.89. The van der Waals surface area contributed by atoms with Crippen molar-refractivity contribution < 1.29 is 0 Å². The van der Waals surface area contributed by atoms with Gasteiger partial charge in [-0.3, -0.25) is 0 Å². The highest BCUT2D eigenvalue weighted by Crippen LogP contribution is 2.42. The smallest absolute Gasteiger partial charge is 0.0467 e. The third-order valence-electron chi connectivity index (χ3n) is 9.80. The third kappa shape index (κ3) is 5.94. The van der Waals surface area contributed by atoms with E-state index in [1.807, 2.05) is 34.8 Å². The van der Waals surface area contributed by atoms with Crippen LogP contribution in [0.3, 0.4) is 0 Å². The van der Waals surface area contributed by atoms with Crippen LogP contribution < -0.4 is 4.90 Å². The first-order chi connectivity index (χ1) is 25.6. The summed E-state index contributed by atoms with van der Waals surface area (Å²) < 4.78 is 3.94. The van der Waals surface area contributed by atoms with Crippen LogP contribution in [0.1, 0.15) is 10.4 Å². The Kier molecular flexibility index (Phi) is 8.36. The zero-order chi connectivity index (χ0) is 35.0. The van der Waals surface area contributed by atoms with E-state index < -0.39 is 0 Å². The topological polar surface area (TPSA) is 3.24 Å². The van der Waals surface area contributed by atoms with Gasteiger partial charge < -0.3 is 4.90 Å². The van der Waals surface area contributed by atoms with Gasteiger partial charge in [0.05, 0.1) is 0 Å². The standard InChI is InChI=1S/C49H35NS2/c1-3-4-18-43-33(2)51-48-27-23-38(31-45(43)48)36-14-10-16-41(29-36)50(40-25-21-35(22-26-40)34-12-6-5-7-13-34)42-17-11-15-37(30-42)39-24-28-49-46(32-39)44-19-8-9-20-47(44)52-49/h3-32H,1H2,2H3/b18-4-. The predicted octanol–water partition coefficient (Wildman–Crippen LogP) is 15.2. The SMILES string of the molecule is C=C/C=C\c1c(C)sc2ccc(-c3cccc(N(c4ccc(-c5ccccc5)cc4)c4cccc(-c5ccc6sc7ccccc7c6c5)c4)c3)cc12. The van der Waals surface area contributed by atoms with Crippen LogP contribution in [-0.4, -0.2) is 0 Å². The normalized spacial score (nSPS) is 11.6. The molecule has 9 aromatic rings. The van der Waals surface area contributed by atoms with Crippen LogP contribution in [0.15, 0.2) is 183 Å². The third-order valence-corrected chi connectivity index (χ3v) is 12.0. The van der Waals surface area contributed by atoms with Crippen molar-refractivity contribution in [3.63, 3.8) is 0 Å². The van der Waals surface area contributed by atoms with Gasteiger partial charge in [-0.2, -0.15) is 0 Å². The molecule has 0 amide bonds. The number of rotatable bonds is 8. The molecular weight excluding hydrogens is 667 g/mol. The molecule has 0 radical (unpaired) electrons. The average Bonchev–Trinajstić information content (AvgIpc) is 3.73. The zero-order valence-electron chi connectivity index (χ0n) is 28.8. The average molecular weight is 702 g/mol. The minimum Gasteiger partial charge on any atom is -0.310 e. The van der Waals surface area contributed by atoms with Gasteiger partial charge in [0.1, 0.15) is 0 Å². The van der Waals surface area contributed by atoms with Crippen LogP contribution in [0.5, 0.6) is 0 Å². The molecule has 7 aromatic carbocycles. The van der Waals surface area contributed by atoms with Gasteiger partial charge in [-0.15, -0.1) is 22.7 Å². The molecule has 248 valence electrons. The van der Waals surface area contributed by atoms with Gasteiger partial charge in [-0.25, -0.2) is 0 Å². The number of benzene rings is 7. The number of allylic oxidation sites excluding steroid dienone is 2. The van der Waals surface area contributed by atoms with Crippen molar-refractivity contribution in [2.45, 2.75) is 6.92 Å². The lowest BCUT2D eigenvalue weighted by Gasteiger charge is -2.27. The molecule has 0 fully saturated rings. The fourth-order valence-electron chi connectivity index (χ4n) is 7.23. The zero-order valence-corrected chi connectivity index (χ0v) is 30.4. The molecule has 0 bridgehead atoms. The van der Waals surface area contributed by atoms with E-state index in [0.29, 0.717) is 0 Å². The number of thiophene rings is 2. The maximum atomic E-state index is 3.89. The van der Waals surface area contributed by atoms with Gasteiger partial charge in [0.2, 0.25) is 0 Å². The van der Waals surface area contributed by atoms with Crippen LogP contribution in [0, 0.1) is 6.92 Å². The quantitative estimate of drug-likeness (QED) is 0.143. The van der Waals surface area contributed by atoms with Gasteiger partial charge >= 0.3 is 0 Å². The van der Waals surface area contributed by atoms with Crippen molar-refractivity contribution in [3.05, 3.63) is 193 Å². The van der Waals surface area contributed by atoms with E-state index in [1.165, 1.54) is 74.1 Å². The molecule has 0 aliphatic rings. The van der Waals surface area contributed by atoms with Crippen molar-refractivity contribution in [1.29, 1.82) is 0 Å². The highest BCUT2D eigenvalue weighted by Gasteiger charge is 2.16. The van der Waals surface area contributed by atoms with E-state index in [9.17, 15) is 0 Å². The lowest BCUT2D eigenvalue weighted by molar-refractivity contribution is 1.28. The summed E-state index contributed by atoms with van der Waals surface area (Å²) in [7, 11) is 0. The molecule has 0 N–H and O–H groups in total. The van der Waals surface area contributed by atoms with E-state index >= 15 is 0 Å². The van der Waals surface area contributed by atoms with Crippen LogP contribution >= 0.6 is 22.7 Å². The minimum absolute atomic E-state index is 1.11. The molecular formula is C49H35NS2. The van der Waals surface area contributed by atoms with E-state index in [1.54, 1.807) is 0 Å². The molecule has 9 rings (SSSR count). The molecule has 0 aliphatic heterocycles. The Morgan fingerprint density at radius 2 is 0.981 bits per heavy atom.